The minimum atomic E-state index is -0.788. The number of esters is 1. The summed E-state index contributed by atoms with van der Waals surface area (Å²) in [4.78, 5) is 25.5. The molecule has 1 aliphatic heterocycles. The predicted octanol–water partition coefficient (Wildman–Crippen LogP) is 1.09. The fourth-order valence-corrected chi connectivity index (χ4v) is 3.17. The molecule has 1 heterocycles. The normalized spacial score (nSPS) is 19.3. The van der Waals surface area contributed by atoms with Gasteiger partial charge in [0.1, 0.15) is 18.5 Å². The fraction of sp³-hybridized carbons (Fsp3) is 0.600. The second kappa shape index (κ2) is 9.19. The van der Waals surface area contributed by atoms with Gasteiger partial charge >= 0.3 is 5.97 Å². The highest BCUT2D eigenvalue weighted by molar-refractivity contribution is 5.87. The summed E-state index contributed by atoms with van der Waals surface area (Å²) in [6.07, 6.45) is -0.827. The quantitative estimate of drug-likeness (QED) is 0.691. The van der Waals surface area contributed by atoms with Crippen LogP contribution in [-0.4, -0.2) is 67.4 Å². The van der Waals surface area contributed by atoms with E-state index in [-0.39, 0.29) is 30.9 Å². The van der Waals surface area contributed by atoms with Crippen LogP contribution in [0.15, 0.2) is 24.3 Å². The van der Waals surface area contributed by atoms with Crippen LogP contribution in [0.2, 0.25) is 0 Å². The van der Waals surface area contributed by atoms with E-state index in [1.165, 1.54) is 7.11 Å². The maximum atomic E-state index is 12.1. The number of hydrogen-bond donors (Lipinski definition) is 2. The monoisotopic (exact) mass is 378 g/mol. The van der Waals surface area contributed by atoms with E-state index in [0.29, 0.717) is 13.1 Å². The molecule has 0 aliphatic carbocycles. The molecule has 0 spiro atoms. The van der Waals surface area contributed by atoms with Gasteiger partial charge < -0.3 is 19.9 Å². The van der Waals surface area contributed by atoms with Crippen molar-refractivity contribution in [3.63, 3.8) is 0 Å². The van der Waals surface area contributed by atoms with Gasteiger partial charge in [0.15, 0.2) is 0 Å². The second-order valence-corrected chi connectivity index (χ2v) is 7.79. The third-order valence-corrected chi connectivity index (χ3v) is 4.60. The smallest absolute Gasteiger partial charge is 0.307 e. The van der Waals surface area contributed by atoms with Crippen LogP contribution < -0.4 is 10.1 Å². The number of rotatable bonds is 7. The number of nitrogens with zero attached hydrogens (tertiary/aromatic N) is 1. The molecule has 1 amide bonds. The molecule has 1 aromatic rings. The van der Waals surface area contributed by atoms with Gasteiger partial charge in [-0.25, -0.2) is 0 Å². The lowest BCUT2D eigenvalue weighted by Crippen LogP contribution is -2.57. The molecule has 7 heteroatoms. The number of carbonyl (C=O) groups is 2. The summed E-state index contributed by atoms with van der Waals surface area (Å²) >= 11 is 0. The molecule has 150 valence electrons. The first-order chi connectivity index (χ1) is 12.7. The Kier molecular flexibility index (Phi) is 7.21. The zero-order valence-corrected chi connectivity index (χ0v) is 16.5. The molecule has 2 atom stereocenters. The number of methoxy groups -OCH3 is 1. The van der Waals surface area contributed by atoms with E-state index in [4.69, 9.17) is 4.74 Å². The Morgan fingerprint density at radius 3 is 2.74 bits per heavy atom. The van der Waals surface area contributed by atoms with E-state index in [0.717, 1.165) is 11.3 Å². The summed E-state index contributed by atoms with van der Waals surface area (Å²) in [5, 5.41) is 13.2. The van der Waals surface area contributed by atoms with E-state index in [1.54, 1.807) is 4.90 Å². The van der Waals surface area contributed by atoms with Gasteiger partial charge in [-0.15, -0.1) is 0 Å². The number of β-amino-alcohol motifs (C(OH)–C–C–N with tert-alkyl or cyclic N) is 1. The summed E-state index contributed by atoms with van der Waals surface area (Å²) < 4.78 is 10.5. The molecule has 0 bridgehead atoms. The minimum absolute atomic E-state index is 0.0389. The number of amides is 1. The van der Waals surface area contributed by atoms with Crippen molar-refractivity contribution in [2.45, 2.75) is 44.8 Å². The van der Waals surface area contributed by atoms with Gasteiger partial charge in [-0.2, -0.15) is 0 Å². The first-order valence-electron chi connectivity index (χ1n) is 9.21. The summed E-state index contributed by atoms with van der Waals surface area (Å²) in [7, 11) is 1.29. The van der Waals surface area contributed by atoms with E-state index in [1.807, 2.05) is 24.3 Å². The molecule has 7 nitrogen and oxygen atoms in total. The lowest BCUT2D eigenvalue weighted by atomic mass is 9.86. The van der Waals surface area contributed by atoms with Crippen molar-refractivity contribution >= 4 is 11.9 Å². The van der Waals surface area contributed by atoms with Crippen LogP contribution in [0.25, 0.3) is 0 Å². The number of aliphatic hydroxyl groups is 1. The first-order valence-corrected chi connectivity index (χ1v) is 9.21. The van der Waals surface area contributed by atoms with Crippen LogP contribution >= 0.6 is 0 Å². The third kappa shape index (κ3) is 5.94. The fourth-order valence-electron chi connectivity index (χ4n) is 3.17. The van der Waals surface area contributed by atoms with Gasteiger partial charge in [0.25, 0.3) is 0 Å². The molecule has 2 unspecified atom stereocenters. The number of carbonyl (C=O) groups excluding carboxylic acids is 2. The van der Waals surface area contributed by atoms with Crippen molar-refractivity contribution in [2.75, 3.05) is 33.4 Å². The van der Waals surface area contributed by atoms with E-state index in [2.05, 4.69) is 30.8 Å². The summed E-state index contributed by atoms with van der Waals surface area (Å²) in [5.41, 5.74) is 0.996. The predicted molar refractivity (Wildman–Crippen MR) is 102 cm³/mol. The van der Waals surface area contributed by atoms with Crippen LogP contribution in [0.4, 0.5) is 0 Å². The van der Waals surface area contributed by atoms with E-state index in [9.17, 15) is 14.7 Å². The number of aliphatic hydroxyl groups excluding tert-OH is 1. The lowest BCUT2D eigenvalue weighted by molar-refractivity contribution is -0.146. The molecular weight excluding hydrogens is 348 g/mol. The molecule has 27 heavy (non-hydrogen) atoms. The molecule has 2 rings (SSSR count). The minimum Gasteiger partial charge on any atom is -0.491 e. The summed E-state index contributed by atoms with van der Waals surface area (Å²) in [5.74, 6) is 0.0660. The standard InChI is InChI=1S/C20H30N2O5/c1-20(2,3)15-7-5-6-8-17(15)27-13-14(23)12-22-10-9-21-19(25)16(22)11-18(24)26-4/h5-8,14,16,23H,9-13H2,1-4H3,(H,21,25). The summed E-state index contributed by atoms with van der Waals surface area (Å²) in [6, 6.07) is 7.14. The molecule has 0 aromatic heterocycles. The van der Waals surface area contributed by atoms with Crippen LogP contribution in [0, 0.1) is 0 Å². The zero-order chi connectivity index (χ0) is 20.0. The maximum Gasteiger partial charge on any atom is 0.307 e. The average Bonchev–Trinajstić information content (AvgIpc) is 2.62. The van der Waals surface area contributed by atoms with Crippen LogP contribution in [-0.2, 0) is 19.7 Å². The van der Waals surface area contributed by atoms with Crippen LogP contribution in [0.3, 0.4) is 0 Å². The van der Waals surface area contributed by atoms with Gasteiger partial charge in [-0.3, -0.25) is 14.5 Å². The van der Waals surface area contributed by atoms with Gasteiger partial charge in [0, 0.05) is 19.6 Å². The van der Waals surface area contributed by atoms with Crippen LogP contribution in [0.1, 0.15) is 32.8 Å². The Hall–Kier alpha value is -2.12. The van der Waals surface area contributed by atoms with Gasteiger partial charge in [-0.05, 0) is 17.0 Å². The highest BCUT2D eigenvalue weighted by Gasteiger charge is 2.33. The Balaban J connectivity index is 1.97. The number of hydrogen-bond acceptors (Lipinski definition) is 6. The molecule has 0 radical (unpaired) electrons. The Morgan fingerprint density at radius 2 is 2.07 bits per heavy atom. The van der Waals surface area contributed by atoms with Crippen molar-refractivity contribution in [1.29, 1.82) is 0 Å². The number of para-hydroxylation sites is 1. The van der Waals surface area contributed by atoms with Crippen molar-refractivity contribution in [3.05, 3.63) is 29.8 Å². The molecule has 1 aliphatic rings. The number of benzene rings is 1. The molecule has 1 aromatic carbocycles. The van der Waals surface area contributed by atoms with Crippen molar-refractivity contribution in [2.24, 2.45) is 0 Å². The Morgan fingerprint density at radius 1 is 1.37 bits per heavy atom. The number of ether oxygens (including phenoxy) is 2. The SMILES string of the molecule is COC(=O)CC1C(=O)NCCN1CC(O)COc1ccccc1C(C)(C)C. The first kappa shape index (κ1) is 21.2. The zero-order valence-electron chi connectivity index (χ0n) is 16.5. The molecule has 0 saturated carbocycles. The Bertz CT molecular complexity index is 656. The van der Waals surface area contributed by atoms with Gasteiger partial charge in [0.05, 0.1) is 19.6 Å². The third-order valence-electron chi connectivity index (χ3n) is 4.60. The number of piperazine rings is 1. The molecular formula is C20H30N2O5. The number of nitrogens with one attached hydrogen (secondary N) is 1. The van der Waals surface area contributed by atoms with Crippen molar-refractivity contribution in [1.82, 2.24) is 10.2 Å². The topological polar surface area (TPSA) is 88.1 Å². The van der Waals surface area contributed by atoms with E-state index < -0.39 is 18.1 Å². The largest absolute Gasteiger partial charge is 0.491 e. The molecule has 1 saturated heterocycles. The van der Waals surface area contributed by atoms with E-state index >= 15 is 0 Å². The van der Waals surface area contributed by atoms with Crippen molar-refractivity contribution in [3.8, 4) is 5.75 Å². The van der Waals surface area contributed by atoms with Gasteiger partial charge in [-0.1, -0.05) is 39.0 Å². The highest BCUT2D eigenvalue weighted by atomic mass is 16.5. The van der Waals surface area contributed by atoms with Gasteiger partial charge in [0.2, 0.25) is 5.91 Å². The van der Waals surface area contributed by atoms with Crippen LogP contribution in [0.5, 0.6) is 5.75 Å². The highest BCUT2D eigenvalue weighted by Crippen LogP contribution is 2.31. The second-order valence-electron chi connectivity index (χ2n) is 7.79. The average molecular weight is 378 g/mol. The van der Waals surface area contributed by atoms with Crippen molar-refractivity contribution < 1.29 is 24.2 Å². The summed E-state index contributed by atoms with van der Waals surface area (Å²) in [6.45, 7) is 7.71. The molecule has 1 fully saturated rings. The Labute approximate surface area is 160 Å². The lowest BCUT2D eigenvalue weighted by Gasteiger charge is -2.35. The maximum absolute atomic E-state index is 12.1. The molecule has 2 N–H and O–H groups in total.